The van der Waals surface area contributed by atoms with Crippen molar-refractivity contribution in [1.82, 2.24) is 0 Å². The molecule has 0 unspecified atom stereocenters. The highest BCUT2D eigenvalue weighted by molar-refractivity contribution is 5.89. The smallest absolute Gasteiger partial charge is 0.306 e. The SMILES string of the molecule is CCOC(=O)CCc1c2ccc(=O)cc-2oc2cc(OCC)ccc12. The van der Waals surface area contributed by atoms with Gasteiger partial charge in [-0.25, -0.2) is 0 Å². The van der Waals surface area contributed by atoms with E-state index in [4.69, 9.17) is 13.9 Å². The first-order valence-corrected chi connectivity index (χ1v) is 8.40. The van der Waals surface area contributed by atoms with E-state index < -0.39 is 0 Å². The molecule has 130 valence electrons. The number of fused-ring (bicyclic) bond motifs is 2. The van der Waals surface area contributed by atoms with E-state index in [1.807, 2.05) is 25.1 Å². The van der Waals surface area contributed by atoms with Crippen LogP contribution in [0.3, 0.4) is 0 Å². The predicted molar refractivity (Wildman–Crippen MR) is 95.2 cm³/mol. The molecule has 1 aromatic rings. The minimum Gasteiger partial charge on any atom is -0.494 e. The first kappa shape index (κ1) is 17.0. The molecule has 0 saturated carbocycles. The molecule has 25 heavy (non-hydrogen) atoms. The molecule has 0 radical (unpaired) electrons. The van der Waals surface area contributed by atoms with Gasteiger partial charge in [-0.15, -0.1) is 0 Å². The van der Waals surface area contributed by atoms with Crippen LogP contribution in [0, 0.1) is 0 Å². The fourth-order valence-corrected chi connectivity index (χ4v) is 2.92. The van der Waals surface area contributed by atoms with Crippen LogP contribution in [0.5, 0.6) is 5.75 Å². The summed E-state index contributed by atoms with van der Waals surface area (Å²) in [6.45, 7) is 4.62. The molecule has 0 saturated heterocycles. The zero-order valence-corrected chi connectivity index (χ0v) is 14.3. The first-order chi connectivity index (χ1) is 12.1. The van der Waals surface area contributed by atoms with Crippen molar-refractivity contribution < 1.29 is 18.7 Å². The van der Waals surface area contributed by atoms with Gasteiger partial charge in [0.15, 0.2) is 5.43 Å². The van der Waals surface area contributed by atoms with Crippen LogP contribution in [0.2, 0.25) is 0 Å². The number of esters is 1. The van der Waals surface area contributed by atoms with Gasteiger partial charge in [0.1, 0.15) is 17.1 Å². The van der Waals surface area contributed by atoms with Crippen LogP contribution in [0.1, 0.15) is 25.8 Å². The van der Waals surface area contributed by atoms with Gasteiger partial charge in [-0.3, -0.25) is 9.59 Å². The second kappa shape index (κ2) is 7.38. The fourth-order valence-electron chi connectivity index (χ4n) is 2.92. The van der Waals surface area contributed by atoms with Gasteiger partial charge in [0.05, 0.1) is 13.2 Å². The summed E-state index contributed by atoms with van der Waals surface area (Å²) in [5, 5.41) is 0.902. The van der Waals surface area contributed by atoms with E-state index in [0.29, 0.717) is 36.7 Å². The lowest BCUT2D eigenvalue weighted by Crippen LogP contribution is -2.07. The van der Waals surface area contributed by atoms with Gasteiger partial charge >= 0.3 is 5.97 Å². The Balaban J connectivity index is 2.12. The molecule has 2 aliphatic rings. The molecule has 0 bridgehead atoms. The largest absolute Gasteiger partial charge is 0.494 e. The van der Waals surface area contributed by atoms with Crippen molar-refractivity contribution in [3.05, 3.63) is 52.2 Å². The van der Waals surface area contributed by atoms with Crippen LogP contribution in [0.25, 0.3) is 22.3 Å². The third-order valence-electron chi connectivity index (χ3n) is 3.97. The predicted octanol–water partition coefficient (Wildman–Crippen LogP) is 3.79. The second-order valence-corrected chi connectivity index (χ2v) is 5.63. The van der Waals surface area contributed by atoms with Crippen molar-refractivity contribution in [1.29, 1.82) is 0 Å². The van der Waals surface area contributed by atoms with Crippen molar-refractivity contribution in [3.63, 3.8) is 0 Å². The summed E-state index contributed by atoms with van der Waals surface area (Å²) in [5.74, 6) is 0.969. The molecule has 1 aliphatic carbocycles. The highest BCUT2D eigenvalue weighted by atomic mass is 16.5. The van der Waals surface area contributed by atoms with Crippen molar-refractivity contribution in [2.45, 2.75) is 26.7 Å². The maximum absolute atomic E-state index is 11.8. The van der Waals surface area contributed by atoms with Crippen molar-refractivity contribution in [2.75, 3.05) is 13.2 Å². The summed E-state index contributed by atoms with van der Waals surface area (Å²) >= 11 is 0. The molecule has 1 aliphatic heterocycles. The lowest BCUT2D eigenvalue weighted by atomic mass is 9.96. The molecule has 5 nitrogen and oxygen atoms in total. The zero-order chi connectivity index (χ0) is 17.8. The molecule has 0 fully saturated rings. The highest BCUT2D eigenvalue weighted by Crippen LogP contribution is 2.35. The Morgan fingerprint density at radius 1 is 1.08 bits per heavy atom. The van der Waals surface area contributed by atoms with Gasteiger partial charge in [0, 0.05) is 29.5 Å². The molecule has 0 amide bonds. The number of carbonyl (C=O) groups is 1. The van der Waals surface area contributed by atoms with Crippen molar-refractivity contribution >= 4 is 16.9 Å². The Hall–Kier alpha value is -2.82. The van der Waals surface area contributed by atoms with E-state index >= 15 is 0 Å². The summed E-state index contributed by atoms with van der Waals surface area (Å²) in [6, 6.07) is 10.3. The standard InChI is InChI=1S/C20H20O5/c1-3-23-14-6-8-17-15(9-10-20(22)24-4-2)16-7-5-13(21)11-18(16)25-19(17)12-14/h5-8,11-12H,3-4,9-10H2,1-2H3. The van der Waals surface area contributed by atoms with Gasteiger partial charge in [-0.05, 0) is 50.1 Å². The maximum atomic E-state index is 11.8. The second-order valence-electron chi connectivity index (χ2n) is 5.63. The summed E-state index contributed by atoms with van der Waals surface area (Å²) in [6.07, 6.45) is 0.781. The van der Waals surface area contributed by atoms with Crippen LogP contribution in [0.15, 0.2) is 45.6 Å². The summed E-state index contributed by atoms with van der Waals surface area (Å²) in [7, 11) is 0. The van der Waals surface area contributed by atoms with Crippen LogP contribution < -0.4 is 10.2 Å². The van der Waals surface area contributed by atoms with Crippen LogP contribution in [0.4, 0.5) is 0 Å². The van der Waals surface area contributed by atoms with Crippen molar-refractivity contribution in [2.24, 2.45) is 0 Å². The van der Waals surface area contributed by atoms with E-state index in [2.05, 4.69) is 0 Å². The molecule has 0 spiro atoms. The van der Waals surface area contributed by atoms with E-state index in [-0.39, 0.29) is 17.8 Å². The normalized spacial score (nSPS) is 11.0. The number of hydrogen-bond donors (Lipinski definition) is 0. The summed E-state index contributed by atoms with van der Waals surface area (Å²) in [4.78, 5) is 23.5. The lowest BCUT2D eigenvalue weighted by Gasteiger charge is -2.15. The monoisotopic (exact) mass is 340 g/mol. The Labute approximate surface area is 145 Å². The topological polar surface area (TPSA) is 65.7 Å². The summed E-state index contributed by atoms with van der Waals surface area (Å²) < 4.78 is 16.5. The molecule has 0 N–H and O–H groups in total. The zero-order valence-electron chi connectivity index (χ0n) is 14.3. The van der Waals surface area contributed by atoms with Crippen LogP contribution in [-0.2, 0) is 16.0 Å². The van der Waals surface area contributed by atoms with E-state index in [1.165, 1.54) is 12.1 Å². The van der Waals surface area contributed by atoms with E-state index in [0.717, 1.165) is 16.5 Å². The Morgan fingerprint density at radius 2 is 1.92 bits per heavy atom. The highest BCUT2D eigenvalue weighted by Gasteiger charge is 2.17. The molecule has 1 heterocycles. The van der Waals surface area contributed by atoms with Crippen LogP contribution in [-0.4, -0.2) is 19.2 Å². The molecule has 0 aromatic heterocycles. The Morgan fingerprint density at radius 3 is 2.68 bits per heavy atom. The van der Waals surface area contributed by atoms with Crippen molar-refractivity contribution in [3.8, 4) is 17.1 Å². The Bertz CT molecular complexity index is 925. The summed E-state index contributed by atoms with van der Waals surface area (Å²) in [5.41, 5.74) is 2.31. The lowest BCUT2D eigenvalue weighted by molar-refractivity contribution is -0.143. The fraction of sp³-hybridized carbons (Fsp3) is 0.300. The maximum Gasteiger partial charge on any atom is 0.306 e. The molecule has 1 aromatic carbocycles. The molecular weight excluding hydrogens is 320 g/mol. The molecule has 0 atom stereocenters. The third kappa shape index (κ3) is 3.65. The first-order valence-electron chi connectivity index (χ1n) is 8.40. The van der Waals surface area contributed by atoms with Gasteiger partial charge in [-0.2, -0.15) is 0 Å². The number of rotatable bonds is 6. The molecule has 3 rings (SSSR count). The quantitative estimate of drug-likeness (QED) is 0.504. The van der Waals surface area contributed by atoms with Gasteiger partial charge in [0.2, 0.25) is 0 Å². The third-order valence-corrected chi connectivity index (χ3v) is 3.97. The number of ether oxygens (including phenoxy) is 2. The van der Waals surface area contributed by atoms with Gasteiger partial charge in [0.25, 0.3) is 0 Å². The molecule has 5 heteroatoms. The van der Waals surface area contributed by atoms with Gasteiger partial charge in [-0.1, -0.05) is 0 Å². The minimum absolute atomic E-state index is 0.118. The van der Waals surface area contributed by atoms with Gasteiger partial charge < -0.3 is 13.9 Å². The van der Waals surface area contributed by atoms with Crippen LogP contribution >= 0.6 is 0 Å². The molecular formula is C20H20O5. The van der Waals surface area contributed by atoms with E-state index in [9.17, 15) is 9.59 Å². The van der Waals surface area contributed by atoms with E-state index in [1.54, 1.807) is 13.0 Å². The average molecular weight is 340 g/mol. The number of benzene rings is 2. The Kier molecular flexibility index (Phi) is 5.03. The number of carbonyl (C=O) groups excluding carboxylic acids is 1. The number of hydrogen-bond acceptors (Lipinski definition) is 5. The average Bonchev–Trinajstić information content (AvgIpc) is 2.59. The number of aryl methyl sites for hydroxylation is 1. The minimum atomic E-state index is -0.240.